The number of pyridine rings is 1. The highest BCUT2D eigenvalue weighted by molar-refractivity contribution is 6.04. The van der Waals surface area contributed by atoms with Crippen LogP contribution in [-0.2, 0) is 4.74 Å². The second-order valence-electron chi connectivity index (χ2n) is 5.30. The van der Waals surface area contributed by atoms with Gasteiger partial charge in [0.25, 0.3) is 11.5 Å². The minimum Gasteiger partial charge on any atom is -0.497 e. The van der Waals surface area contributed by atoms with E-state index in [1.165, 1.54) is 43.1 Å². The first-order chi connectivity index (χ1) is 12.5. The number of benzene rings is 1. The van der Waals surface area contributed by atoms with Crippen molar-refractivity contribution in [1.29, 1.82) is 0 Å². The maximum atomic E-state index is 12.6. The Hall–Kier alpha value is -3.68. The first-order valence-electron chi connectivity index (χ1n) is 7.58. The van der Waals surface area contributed by atoms with Crippen LogP contribution >= 0.6 is 0 Å². The molecule has 26 heavy (non-hydrogen) atoms. The van der Waals surface area contributed by atoms with E-state index in [2.05, 4.69) is 15.0 Å². The van der Waals surface area contributed by atoms with E-state index < -0.39 is 17.4 Å². The highest BCUT2D eigenvalue weighted by Gasteiger charge is 2.13. The molecule has 0 saturated carbocycles. The Balaban J connectivity index is 1.94. The second-order valence-corrected chi connectivity index (χ2v) is 5.30. The van der Waals surface area contributed by atoms with Crippen LogP contribution in [0.25, 0.3) is 5.65 Å². The monoisotopic (exact) mass is 353 g/mol. The molecule has 0 unspecified atom stereocenters. The third-order valence-corrected chi connectivity index (χ3v) is 3.72. The van der Waals surface area contributed by atoms with Gasteiger partial charge in [0, 0.05) is 11.8 Å². The Kier molecular flexibility index (Phi) is 4.66. The van der Waals surface area contributed by atoms with Crippen molar-refractivity contribution in [3.63, 3.8) is 0 Å². The summed E-state index contributed by atoms with van der Waals surface area (Å²) in [6, 6.07) is 9.46. The molecule has 3 rings (SSSR count). The molecule has 1 amide bonds. The molecule has 132 valence electrons. The lowest BCUT2D eigenvalue weighted by Crippen LogP contribution is -2.23. The topological polar surface area (TPSA) is 99.0 Å². The van der Waals surface area contributed by atoms with Gasteiger partial charge < -0.3 is 14.8 Å². The van der Waals surface area contributed by atoms with Crippen molar-refractivity contribution in [1.82, 2.24) is 9.38 Å². The number of fused-ring (bicyclic) bond motifs is 1. The molecule has 1 N–H and O–H groups in total. The van der Waals surface area contributed by atoms with Gasteiger partial charge >= 0.3 is 5.97 Å². The smallest absolute Gasteiger partial charge is 0.339 e. The van der Waals surface area contributed by atoms with E-state index in [9.17, 15) is 14.4 Å². The molecule has 2 heterocycles. The van der Waals surface area contributed by atoms with Gasteiger partial charge in [-0.05, 0) is 36.4 Å². The van der Waals surface area contributed by atoms with Crippen molar-refractivity contribution < 1.29 is 19.1 Å². The number of carbonyl (C=O) groups excluding carboxylic acids is 2. The third kappa shape index (κ3) is 3.25. The van der Waals surface area contributed by atoms with E-state index in [4.69, 9.17) is 4.74 Å². The first kappa shape index (κ1) is 17.2. The lowest BCUT2D eigenvalue weighted by Gasteiger charge is -2.08. The van der Waals surface area contributed by atoms with Gasteiger partial charge in [-0.3, -0.25) is 14.0 Å². The lowest BCUT2D eigenvalue weighted by atomic mass is 10.2. The van der Waals surface area contributed by atoms with Gasteiger partial charge in [-0.2, -0.15) is 0 Å². The summed E-state index contributed by atoms with van der Waals surface area (Å²) in [6.45, 7) is 0. The number of aromatic nitrogens is 2. The molecular weight excluding hydrogens is 338 g/mol. The summed E-state index contributed by atoms with van der Waals surface area (Å²) in [5.41, 5.74) is 0.374. The Morgan fingerprint density at radius 2 is 1.73 bits per heavy atom. The Bertz CT molecular complexity index is 1040. The number of rotatable bonds is 4. The van der Waals surface area contributed by atoms with Crippen molar-refractivity contribution >= 4 is 23.2 Å². The quantitative estimate of drug-likeness (QED) is 0.718. The molecular formula is C18H15N3O5. The maximum absolute atomic E-state index is 12.6. The van der Waals surface area contributed by atoms with E-state index in [0.29, 0.717) is 17.0 Å². The van der Waals surface area contributed by atoms with Crippen molar-refractivity contribution in [2.24, 2.45) is 0 Å². The third-order valence-electron chi connectivity index (χ3n) is 3.72. The summed E-state index contributed by atoms with van der Waals surface area (Å²) in [4.78, 5) is 40.7. The summed E-state index contributed by atoms with van der Waals surface area (Å²) in [5.74, 6) is -0.425. The van der Waals surface area contributed by atoms with Crippen LogP contribution in [0.4, 0.5) is 5.69 Å². The van der Waals surface area contributed by atoms with E-state index in [-0.39, 0.29) is 11.3 Å². The average molecular weight is 353 g/mol. The summed E-state index contributed by atoms with van der Waals surface area (Å²) in [6.07, 6.45) is 2.59. The van der Waals surface area contributed by atoms with Crippen molar-refractivity contribution in [3.05, 3.63) is 70.3 Å². The standard InChI is InChI=1S/C18H15N3O5/c1-25-13-6-3-11(4-7-13)16(22)20-14-9-19-15-8-5-12(18(24)26-2)10-21(15)17(14)23/h3-10H,1-2H3,(H,20,22). The molecule has 0 aliphatic carbocycles. The number of nitrogens with zero attached hydrogens (tertiary/aromatic N) is 2. The Labute approximate surface area is 148 Å². The number of ether oxygens (including phenoxy) is 2. The van der Waals surface area contributed by atoms with E-state index >= 15 is 0 Å². The number of anilines is 1. The van der Waals surface area contributed by atoms with Gasteiger partial charge in [-0.1, -0.05) is 0 Å². The van der Waals surface area contributed by atoms with Crippen LogP contribution in [-0.4, -0.2) is 35.5 Å². The minimum atomic E-state index is -0.577. The summed E-state index contributed by atoms with van der Waals surface area (Å²) < 4.78 is 10.9. The minimum absolute atomic E-state index is 0.00895. The second kappa shape index (κ2) is 7.06. The van der Waals surface area contributed by atoms with E-state index in [1.54, 1.807) is 24.3 Å². The van der Waals surface area contributed by atoms with Gasteiger partial charge in [0.1, 0.15) is 17.1 Å². The molecule has 1 aromatic carbocycles. The van der Waals surface area contributed by atoms with Crippen molar-refractivity contribution in [2.75, 3.05) is 19.5 Å². The zero-order chi connectivity index (χ0) is 18.7. The summed E-state index contributed by atoms with van der Waals surface area (Å²) >= 11 is 0. The molecule has 0 radical (unpaired) electrons. The molecule has 8 heteroatoms. The molecule has 0 saturated heterocycles. The first-order valence-corrected chi connectivity index (χ1v) is 7.58. The lowest BCUT2D eigenvalue weighted by molar-refractivity contribution is 0.0600. The highest BCUT2D eigenvalue weighted by Crippen LogP contribution is 2.13. The molecule has 2 aromatic heterocycles. The fourth-order valence-electron chi connectivity index (χ4n) is 2.34. The SMILES string of the molecule is COC(=O)c1ccc2ncc(NC(=O)c3ccc(OC)cc3)c(=O)n2c1. The number of esters is 1. The molecule has 0 aliphatic rings. The van der Waals surface area contributed by atoms with E-state index in [0.717, 1.165) is 0 Å². The molecule has 0 fully saturated rings. The van der Waals surface area contributed by atoms with Crippen LogP contribution in [0.15, 0.2) is 53.6 Å². The van der Waals surface area contributed by atoms with Crippen molar-refractivity contribution in [2.45, 2.75) is 0 Å². The largest absolute Gasteiger partial charge is 0.497 e. The summed E-state index contributed by atoms with van der Waals surface area (Å²) in [7, 11) is 2.78. The fraction of sp³-hybridized carbons (Fsp3) is 0.111. The number of hydrogen-bond donors (Lipinski definition) is 1. The number of hydrogen-bond acceptors (Lipinski definition) is 6. The van der Waals surface area contributed by atoms with Crippen molar-refractivity contribution in [3.8, 4) is 5.75 Å². The zero-order valence-corrected chi connectivity index (χ0v) is 14.1. The molecule has 8 nitrogen and oxygen atoms in total. The van der Waals surface area contributed by atoms with Crippen LogP contribution in [0.3, 0.4) is 0 Å². The highest BCUT2D eigenvalue weighted by atomic mass is 16.5. The Morgan fingerprint density at radius 3 is 2.38 bits per heavy atom. The zero-order valence-electron chi connectivity index (χ0n) is 14.1. The van der Waals surface area contributed by atoms with Crippen LogP contribution in [0.2, 0.25) is 0 Å². The van der Waals surface area contributed by atoms with Gasteiger partial charge in [-0.15, -0.1) is 0 Å². The molecule has 0 spiro atoms. The molecule has 0 atom stereocenters. The number of methoxy groups -OCH3 is 2. The maximum Gasteiger partial charge on any atom is 0.339 e. The van der Waals surface area contributed by atoms with Gasteiger partial charge in [0.05, 0.1) is 26.0 Å². The van der Waals surface area contributed by atoms with Crippen LogP contribution in [0, 0.1) is 0 Å². The normalized spacial score (nSPS) is 10.4. The van der Waals surface area contributed by atoms with Crippen LogP contribution in [0.5, 0.6) is 5.75 Å². The molecule has 0 bridgehead atoms. The average Bonchev–Trinajstić information content (AvgIpc) is 2.69. The van der Waals surface area contributed by atoms with E-state index in [1.807, 2.05) is 0 Å². The van der Waals surface area contributed by atoms with Gasteiger partial charge in [-0.25, -0.2) is 9.78 Å². The van der Waals surface area contributed by atoms with Gasteiger partial charge in [0.15, 0.2) is 0 Å². The molecule has 0 aliphatic heterocycles. The Morgan fingerprint density at radius 1 is 1.04 bits per heavy atom. The van der Waals surface area contributed by atoms with Gasteiger partial charge in [0.2, 0.25) is 0 Å². The predicted molar refractivity (Wildman–Crippen MR) is 93.7 cm³/mol. The predicted octanol–water partition coefficient (Wildman–Crippen LogP) is 1.74. The fourth-order valence-corrected chi connectivity index (χ4v) is 2.34. The van der Waals surface area contributed by atoms with Crippen LogP contribution in [0.1, 0.15) is 20.7 Å². The molecule has 3 aromatic rings. The number of carbonyl (C=O) groups is 2. The van der Waals surface area contributed by atoms with Crippen LogP contribution < -0.4 is 15.6 Å². The summed E-state index contributed by atoms with van der Waals surface area (Å²) in [5, 5.41) is 2.53. The number of amides is 1. The number of nitrogens with one attached hydrogen (secondary N) is 1.